The number of oxazole rings is 1. The minimum atomic E-state index is -3.89. The summed E-state index contributed by atoms with van der Waals surface area (Å²) in [4.78, 5) is 20.5. The summed E-state index contributed by atoms with van der Waals surface area (Å²) in [5.41, 5.74) is 3.49. The fourth-order valence-electron chi connectivity index (χ4n) is 3.49. The van der Waals surface area contributed by atoms with Gasteiger partial charge in [-0.25, -0.2) is 23.2 Å². The maximum absolute atomic E-state index is 13.0. The van der Waals surface area contributed by atoms with E-state index in [0.717, 1.165) is 17.0 Å². The van der Waals surface area contributed by atoms with E-state index in [2.05, 4.69) is 14.7 Å². The highest BCUT2D eigenvalue weighted by atomic mass is 32.2. The average molecular weight is 435 g/mol. The molecule has 0 saturated heterocycles. The van der Waals surface area contributed by atoms with Crippen LogP contribution in [-0.2, 0) is 17.1 Å². The molecule has 156 valence electrons. The summed E-state index contributed by atoms with van der Waals surface area (Å²) in [6.07, 6.45) is 3.54. The Morgan fingerprint density at radius 3 is 2.74 bits per heavy atom. The molecular formula is C21H17N5O4S. The van der Waals surface area contributed by atoms with Gasteiger partial charge in [-0.3, -0.25) is 13.7 Å². The Morgan fingerprint density at radius 1 is 1.10 bits per heavy atom. The molecule has 0 aliphatic carbocycles. The number of rotatable bonds is 4. The van der Waals surface area contributed by atoms with Crippen molar-refractivity contribution >= 4 is 32.6 Å². The molecule has 5 aromatic rings. The van der Waals surface area contributed by atoms with Gasteiger partial charge in [0.1, 0.15) is 0 Å². The molecule has 0 atom stereocenters. The van der Waals surface area contributed by atoms with Crippen LogP contribution in [0.15, 0.2) is 75.0 Å². The molecule has 3 heterocycles. The summed E-state index contributed by atoms with van der Waals surface area (Å²) >= 11 is 0. The monoisotopic (exact) mass is 435 g/mol. The predicted octanol–water partition coefficient (Wildman–Crippen LogP) is 2.95. The second kappa shape index (κ2) is 6.81. The predicted molar refractivity (Wildman–Crippen MR) is 115 cm³/mol. The average Bonchev–Trinajstić information content (AvgIpc) is 3.24. The minimum Gasteiger partial charge on any atom is -0.408 e. The first-order valence-corrected chi connectivity index (χ1v) is 10.8. The Kier molecular flexibility index (Phi) is 4.19. The zero-order chi connectivity index (χ0) is 21.8. The Bertz CT molecular complexity index is 1630. The van der Waals surface area contributed by atoms with Crippen molar-refractivity contribution in [2.24, 2.45) is 7.05 Å². The van der Waals surface area contributed by atoms with Crippen molar-refractivity contribution in [2.45, 2.75) is 11.8 Å². The molecule has 5 rings (SSSR count). The molecule has 0 amide bonds. The minimum absolute atomic E-state index is 0.0231. The maximum atomic E-state index is 13.0. The van der Waals surface area contributed by atoms with E-state index >= 15 is 0 Å². The second-order valence-electron chi connectivity index (χ2n) is 7.08. The number of fused-ring (bicyclic) bond motifs is 2. The summed E-state index contributed by atoms with van der Waals surface area (Å²) in [5.74, 6) is 0.0162. The highest BCUT2D eigenvalue weighted by molar-refractivity contribution is 7.92. The summed E-state index contributed by atoms with van der Waals surface area (Å²) in [7, 11) is -2.37. The molecule has 0 aliphatic heterocycles. The van der Waals surface area contributed by atoms with Crippen molar-refractivity contribution in [3.8, 4) is 11.3 Å². The van der Waals surface area contributed by atoms with Crippen LogP contribution in [-0.4, -0.2) is 27.4 Å². The van der Waals surface area contributed by atoms with Gasteiger partial charge in [0.25, 0.3) is 10.0 Å². The van der Waals surface area contributed by atoms with Crippen molar-refractivity contribution < 1.29 is 12.8 Å². The Hall–Kier alpha value is -3.92. The fourth-order valence-corrected chi connectivity index (χ4v) is 4.56. The zero-order valence-corrected chi connectivity index (χ0v) is 17.4. The number of nitrogens with zero attached hydrogens (tertiary/aromatic N) is 4. The number of nitrogens with one attached hydrogen (secondary N) is 1. The molecule has 9 nitrogen and oxygen atoms in total. The van der Waals surface area contributed by atoms with Crippen LogP contribution < -0.4 is 10.5 Å². The van der Waals surface area contributed by atoms with Crippen molar-refractivity contribution in [1.82, 2.24) is 18.9 Å². The van der Waals surface area contributed by atoms with Gasteiger partial charge >= 0.3 is 5.76 Å². The van der Waals surface area contributed by atoms with Gasteiger partial charge in [0.2, 0.25) is 5.78 Å². The highest BCUT2D eigenvalue weighted by Crippen LogP contribution is 2.27. The molecule has 2 aromatic carbocycles. The lowest BCUT2D eigenvalue weighted by atomic mass is 10.1. The molecule has 0 fully saturated rings. The number of sulfonamides is 1. The van der Waals surface area contributed by atoms with E-state index < -0.39 is 15.8 Å². The second-order valence-corrected chi connectivity index (χ2v) is 8.76. The fraction of sp³-hybridized carbons (Fsp3) is 0.0952. The van der Waals surface area contributed by atoms with E-state index in [1.165, 1.54) is 29.8 Å². The van der Waals surface area contributed by atoms with Crippen molar-refractivity contribution in [3.05, 3.63) is 77.2 Å². The van der Waals surface area contributed by atoms with Crippen LogP contribution in [0.5, 0.6) is 0 Å². The van der Waals surface area contributed by atoms with Crippen LogP contribution in [0.2, 0.25) is 0 Å². The summed E-state index contributed by atoms with van der Waals surface area (Å²) < 4.78 is 36.7. The lowest BCUT2D eigenvalue weighted by Crippen LogP contribution is -2.13. The molecule has 3 aromatic heterocycles. The molecule has 0 spiro atoms. The largest absolute Gasteiger partial charge is 0.419 e. The van der Waals surface area contributed by atoms with Gasteiger partial charge in [0.05, 0.1) is 16.1 Å². The van der Waals surface area contributed by atoms with E-state index in [0.29, 0.717) is 22.6 Å². The van der Waals surface area contributed by atoms with E-state index in [1.54, 1.807) is 24.4 Å². The number of anilines is 1. The van der Waals surface area contributed by atoms with E-state index in [-0.39, 0.29) is 4.90 Å². The number of hydrogen-bond donors (Lipinski definition) is 1. The molecule has 0 aliphatic rings. The van der Waals surface area contributed by atoms with Gasteiger partial charge in [0.15, 0.2) is 5.58 Å². The van der Waals surface area contributed by atoms with Crippen LogP contribution in [0, 0.1) is 6.92 Å². The van der Waals surface area contributed by atoms with Crippen molar-refractivity contribution in [3.63, 3.8) is 0 Å². The number of imidazole rings is 1. The van der Waals surface area contributed by atoms with Crippen molar-refractivity contribution in [1.29, 1.82) is 0 Å². The van der Waals surface area contributed by atoms with Crippen LogP contribution in [0.3, 0.4) is 0 Å². The Balaban J connectivity index is 1.52. The lowest BCUT2D eigenvalue weighted by molar-refractivity contribution is 0.528. The third-order valence-corrected chi connectivity index (χ3v) is 6.48. The maximum Gasteiger partial charge on any atom is 0.419 e. The molecule has 1 N–H and O–H groups in total. The number of benzene rings is 2. The van der Waals surface area contributed by atoms with E-state index in [1.807, 2.05) is 29.7 Å². The standard InChI is InChI=1S/C21H17N5O4S/c1-13-19(23-20-22-9-4-10-26(13)20)14-5-3-6-15(11-14)24-31(28,29)16-7-8-18-17(12-16)25(2)21(27)30-18/h3-12,24H,1-2H3. The first-order chi connectivity index (χ1) is 14.8. The number of aryl methyl sites for hydroxylation is 2. The first-order valence-electron chi connectivity index (χ1n) is 9.36. The molecule has 10 heteroatoms. The van der Waals surface area contributed by atoms with Crippen LogP contribution in [0.4, 0.5) is 5.69 Å². The Morgan fingerprint density at radius 2 is 1.94 bits per heavy atom. The lowest BCUT2D eigenvalue weighted by Gasteiger charge is -2.09. The van der Waals surface area contributed by atoms with Gasteiger partial charge in [0, 0.05) is 36.4 Å². The zero-order valence-electron chi connectivity index (χ0n) is 16.6. The third-order valence-electron chi connectivity index (χ3n) is 5.10. The van der Waals surface area contributed by atoms with Gasteiger partial charge in [-0.1, -0.05) is 12.1 Å². The van der Waals surface area contributed by atoms with Gasteiger partial charge in [-0.05, 0) is 43.3 Å². The third kappa shape index (κ3) is 3.17. The van der Waals surface area contributed by atoms with Gasteiger partial charge in [-0.2, -0.15) is 0 Å². The smallest absolute Gasteiger partial charge is 0.408 e. The van der Waals surface area contributed by atoms with Crippen LogP contribution in [0.1, 0.15) is 5.69 Å². The quantitative estimate of drug-likeness (QED) is 0.465. The van der Waals surface area contributed by atoms with E-state index in [9.17, 15) is 13.2 Å². The molecule has 31 heavy (non-hydrogen) atoms. The van der Waals surface area contributed by atoms with Gasteiger partial charge < -0.3 is 4.42 Å². The molecule has 0 bridgehead atoms. The van der Waals surface area contributed by atoms with Crippen LogP contribution in [0.25, 0.3) is 28.1 Å². The van der Waals surface area contributed by atoms with Gasteiger partial charge in [-0.15, -0.1) is 0 Å². The number of hydrogen-bond acceptors (Lipinski definition) is 6. The molecule has 0 saturated carbocycles. The van der Waals surface area contributed by atoms with Crippen LogP contribution >= 0.6 is 0 Å². The molecule has 0 unspecified atom stereocenters. The molecule has 0 radical (unpaired) electrons. The first kappa shape index (κ1) is 19.1. The van der Waals surface area contributed by atoms with E-state index in [4.69, 9.17) is 4.42 Å². The SMILES string of the molecule is Cc1c(-c2cccc(NS(=O)(=O)c3ccc4oc(=O)n(C)c4c3)c2)nc2ncccn12. The summed E-state index contributed by atoms with van der Waals surface area (Å²) in [6.45, 7) is 1.93. The molecular weight excluding hydrogens is 418 g/mol. The summed E-state index contributed by atoms with van der Waals surface area (Å²) in [5, 5.41) is 0. The Labute approximate surface area is 176 Å². The highest BCUT2D eigenvalue weighted by Gasteiger charge is 2.18. The number of aromatic nitrogens is 4. The van der Waals surface area contributed by atoms with Crippen molar-refractivity contribution in [2.75, 3.05) is 4.72 Å². The summed E-state index contributed by atoms with van der Waals surface area (Å²) in [6, 6.07) is 13.1. The topological polar surface area (TPSA) is 112 Å². The normalized spacial score (nSPS) is 11.9.